The van der Waals surface area contributed by atoms with Crippen LogP contribution in [-0.2, 0) is 4.74 Å². The summed E-state index contributed by atoms with van der Waals surface area (Å²) in [6.45, 7) is 10.9. The third-order valence-corrected chi connectivity index (χ3v) is 2.26. The third-order valence-electron chi connectivity index (χ3n) is 2.26. The quantitative estimate of drug-likeness (QED) is 0.604. The molecule has 0 rings (SSSR count). The minimum atomic E-state index is -0.910. The summed E-state index contributed by atoms with van der Waals surface area (Å²) in [4.78, 5) is 0. The smallest absolute Gasteiger partial charge is 0.0979 e. The van der Waals surface area contributed by atoms with E-state index in [0.717, 1.165) is 0 Å². The molecule has 2 heteroatoms. The van der Waals surface area contributed by atoms with Crippen molar-refractivity contribution in [3.05, 3.63) is 38.0 Å². The van der Waals surface area contributed by atoms with Crippen molar-refractivity contribution in [3.8, 4) is 0 Å². The average Bonchev–Trinajstić information content (AvgIpc) is 2.14. The molecule has 2 nitrogen and oxygen atoms in total. The summed E-state index contributed by atoms with van der Waals surface area (Å²) < 4.78 is 5.24. The third kappa shape index (κ3) is 3.48. The average molecular weight is 196 g/mol. The van der Waals surface area contributed by atoms with Crippen molar-refractivity contribution in [2.24, 2.45) is 0 Å². The standard InChI is InChI=1S/C12H20O2/c1-5-8-11(14-4)12(13,9-6-2)10-7-3/h5-7,11,13H,1-3,8-10H2,4H3/t11-/m0/s1. The van der Waals surface area contributed by atoms with Gasteiger partial charge in [-0.15, -0.1) is 19.7 Å². The van der Waals surface area contributed by atoms with Crippen LogP contribution in [0.25, 0.3) is 0 Å². The van der Waals surface area contributed by atoms with Crippen LogP contribution in [-0.4, -0.2) is 23.9 Å². The number of ether oxygens (including phenoxy) is 1. The second kappa shape index (κ2) is 6.57. The van der Waals surface area contributed by atoms with Crippen molar-refractivity contribution >= 4 is 0 Å². The largest absolute Gasteiger partial charge is 0.387 e. The van der Waals surface area contributed by atoms with E-state index in [2.05, 4.69) is 19.7 Å². The zero-order valence-electron chi connectivity index (χ0n) is 8.91. The van der Waals surface area contributed by atoms with Crippen LogP contribution in [0.15, 0.2) is 38.0 Å². The monoisotopic (exact) mass is 196 g/mol. The second-order valence-electron chi connectivity index (χ2n) is 3.34. The van der Waals surface area contributed by atoms with E-state index in [1.165, 1.54) is 0 Å². The lowest BCUT2D eigenvalue weighted by molar-refractivity contribution is -0.0877. The highest BCUT2D eigenvalue weighted by Gasteiger charge is 2.33. The van der Waals surface area contributed by atoms with E-state index in [4.69, 9.17) is 4.74 Å². The number of hydrogen-bond acceptors (Lipinski definition) is 2. The van der Waals surface area contributed by atoms with E-state index >= 15 is 0 Å². The Bertz CT molecular complexity index is 186. The van der Waals surface area contributed by atoms with Gasteiger partial charge in [-0.05, 0) is 19.3 Å². The van der Waals surface area contributed by atoms with Gasteiger partial charge in [0.25, 0.3) is 0 Å². The molecule has 0 spiro atoms. The van der Waals surface area contributed by atoms with Crippen molar-refractivity contribution in [2.75, 3.05) is 7.11 Å². The first kappa shape index (κ1) is 13.1. The van der Waals surface area contributed by atoms with Gasteiger partial charge in [0, 0.05) is 7.11 Å². The Morgan fingerprint density at radius 1 is 1.21 bits per heavy atom. The predicted molar refractivity (Wildman–Crippen MR) is 60.2 cm³/mol. The maximum absolute atomic E-state index is 10.3. The summed E-state index contributed by atoms with van der Waals surface area (Å²) >= 11 is 0. The van der Waals surface area contributed by atoms with Crippen LogP contribution in [0, 0.1) is 0 Å². The van der Waals surface area contributed by atoms with Crippen molar-refractivity contribution in [3.63, 3.8) is 0 Å². The molecule has 80 valence electrons. The Balaban J connectivity index is 4.62. The molecule has 1 atom stereocenters. The Morgan fingerprint density at radius 3 is 2.00 bits per heavy atom. The Morgan fingerprint density at radius 2 is 1.71 bits per heavy atom. The van der Waals surface area contributed by atoms with Gasteiger partial charge in [0.2, 0.25) is 0 Å². The number of rotatable bonds is 8. The molecule has 0 heterocycles. The molecule has 0 aliphatic rings. The first-order valence-corrected chi connectivity index (χ1v) is 4.72. The minimum absolute atomic E-state index is 0.254. The highest BCUT2D eigenvalue weighted by atomic mass is 16.5. The van der Waals surface area contributed by atoms with Gasteiger partial charge in [-0.3, -0.25) is 0 Å². The molecule has 0 aromatic heterocycles. The van der Waals surface area contributed by atoms with Gasteiger partial charge in [-0.2, -0.15) is 0 Å². The van der Waals surface area contributed by atoms with Crippen molar-refractivity contribution in [1.82, 2.24) is 0 Å². The van der Waals surface area contributed by atoms with Crippen LogP contribution in [0.5, 0.6) is 0 Å². The summed E-state index contributed by atoms with van der Waals surface area (Å²) in [7, 11) is 1.59. The molecule has 0 radical (unpaired) electrons. The van der Waals surface area contributed by atoms with Gasteiger partial charge in [0.15, 0.2) is 0 Å². The molecule has 1 N–H and O–H groups in total. The Labute approximate surface area is 86.6 Å². The first-order chi connectivity index (χ1) is 6.64. The SMILES string of the molecule is C=CC[C@H](OC)C(O)(CC=C)CC=C. The molecule has 0 amide bonds. The summed E-state index contributed by atoms with van der Waals surface area (Å²) in [5.41, 5.74) is -0.910. The maximum atomic E-state index is 10.3. The fourth-order valence-electron chi connectivity index (χ4n) is 1.53. The number of aliphatic hydroxyl groups is 1. The van der Waals surface area contributed by atoms with Crippen LogP contribution >= 0.6 is 0 Å². The zero-order chi connectivity index (χ0) is 11.0. The lowest BCUT2D eigenvalue weighted by Gasteiger charge is -2.33. The van der Waals surface area contributed by atoms with Crippen molar-refractivity contribution in [1.29, 1.82) is 0 Å². The summed E-state index contributed by atoms with van der Waals surface area (Å²) in [6.07, 6.45) is 6.48. The van der Waals surface area contributed by atoms with E-state index in [1.54, 1.807) is 25.3 Å². The van der Waals surface area contributed by atoms with Gasteiger partial charge >= 0.3 is 0 Å². The van der Waals surface area contributed by atoms with Crippen LogP contribution in [0.1, 0.15) is 19.3 Å². The van der Waals surface area contributed by atoms with E-state index in [-0.39, 0.29) is 6.10 Å². The number of hydrogen-bond donors (Lipinski definition) is 1. The topological polar surface area (TPSA) is 29.5 Å². The van der Waals surface area contributed by atoms with E-state index < -0.39 is 5.60 Å². The van der Waals surface area contributed by atoms with Crippen molar-refractivity contribution < 1.29 is 9.84 Å². The molecule has 0 aromatic carbocycles. The van der Waals surface area contributed by atoms with Crippen molar-refractivity contribution in [2.45, 2.75) is 31.0 Å². The Kier molecular flexibility index (Phi) is 6.17. The zero-order valence-corrected chi connectivity index (χ0v) is 8.91. The summed E-state index contributed by atoms with van der Waals surface area (Å²) in [6, 6.07) is 0. The van der Waals surface area contributed by atoms with E-state index in [1.807, 2.05) is 0 Å². The van der Waals surface area contributed by atoms with E-state index in [9.17, 15) is 5.11 Å². The molecule has 0 bridgehead atoms. The molecule has 0 aliphatic heterocycles. The molecular formula is C12H20O2. The van der Waals surface area contributed by atoms with Crippen LogP contribution in [0.4, 0.5) is 0 Å². The molecule has 0 fully saturated rings. The van der Waals surface area contributed by atoms with Crippen LogP contribution < -0.4 is 0 Å². The Hall–Kier alpha value is -0.860. The normalized spacial score (nSPS) is 13.3. The lowest BCUT2D eigenvalue weighted by atomic mass is 9.87. The summed E-state index contributed by atoms with van der Waals surface area (Å²) in [5, 5.41) is 10.3. The lowest BCUT2D eigenvalue weighted by Crippen LogP contribution is -2.42. The fraction of sp³-hybridized carbons (Fsp3) is 0.500. The fourth-order valence-corrected chi connectivity index (χ4v) is 1.53. The highest BCUT2D eigenvalue weighted by Crippen LogP contribution is 2.25. The van der Waals surface area contributed by atoms with E-state index in [0.29, 0.717) is 19.3 Å². The number of methoxy groups -OCH3 is 1. The second-order valence-corrected chi connectivity index (χ2v) is 3.34. The van der Waals surface area contributed by atoms with Gasteiger partial charge in [0.05, 0.1) is 11.7 Å². The first-order valence-electron chi connectivity index (χ1n) is 4.72. The molecule has 0 saturated heterocycles. The van der Waals surface area contributed by atoms with Gasteiger partial charge in [-0.25, -0.2) is 0 Å². The molecule has 0 unspecified atom stereocenters. The van der Waals surface area contributed by atoms with Crippen LogP contribution in [0.2, 0.25) is 0 Å². The molecular weight excluding hydrogens is 176 g/mol. The summed E-state index contributed by atoms with van der Waals surface area (Å²) in [5.74, 6) is 0. The van der Waals surface area contributed by atoms with Gasteiger partial charge in [-0.1, -0.05) is 18.2 Å². The highest BCUT2D eigenvalue weighted by molar-refractivity contribution is 4.99. The predicted octanol–water partition coefficient (Wildman–Crippen LogP) is 2.46. The molecule has 14 heavy (non-hydrogen) atoms. The minimum Gasteiger partial charge on any atom is -0.387 e. The van der Waals surface area contributed by atoms with Gasteiger partial charge < -0.3 is 9.84 Å². The molecule has 0 saturated carbocycles. The molecule has 0 aliphatic carbocycles. The molecule has 0 aromatic rings. The van der Waals surface area contributed by atoms with Gasteiger partial charge in [0.1, 0.15) is 0 Å². The maximum Gasteiger partial charge on any atom is 0.0979 e. The van der Waals surface area contributed by atoms with Crippen LogP contribution in [0.3, 0.4) is 0 Å².